The average Bonchev–Trinajstić information content (AvgIpc) is 2.48. The molecule has 2 amide bonds. The lowest BCUT2D eigenvalue weighted by molar-refractivity contribution is -0.124. The fourth-order valence-electron chi connectivity index (χ4n) is 2.02. The maximum atomic E-state index is 12.1. The summed E-state index contributed by atoms with van der Waals surface area (Å²) in [6.07, 6.45) is 0. The average molecular weight is 291 g/mol. The number of aryl methyl sites for hydroxylation is 1. The van der Waals surface area contributed by atoms with Crippen LogP contribution in [-0.4, -0.2) is 44.0 Å². The van der Waals surface area contributed by atoms with E-state index in [0.29, 0.717) is 11.3 Å². The summed E-state index contributed by atoms with van der Waals surface area (Å²) in [7, 11) is 1.29. The van der Waals surface area contributed by atoms with Crippen molar-refractivity contribution in [2.45, 2.75) is 13.0 Å². The molecule has 1 aliphatic heterocycles. The monoisotopic (exact) mass is 291 g/mol. The molecule has 0 bridgehead atoms. The van der Waals surface area contributed by atoms with Gasteiger partial charge < -0.3 is 15.4 Å². The Morgan fingerprint density at radius 2 is 2.14 bits per heavy atom. The van der Waals surface area contributed by atoms with Gasteiger partial charge in [0.2, 0.25) is 11.8 Å². The van der Waals surface area contributed by atoms with Crippen molar-refractivity contribution in [3.8, 4) is 0 Å². The van der Waals surface area contributed by atoms with Crippen molar-refractivity contribution < 1.29 is 19.1 Å². The second kappa shape index (κ2) is 6.36. The van der Waals surface area contributed by atoms with Gasteiger partial charge in [-0.05, 0) is 19.1 Å². The van der Waals surface area contributed by atoms with E-state index in [2.05, 4.69) is 16.0 Å². The van der Waals surface area contributed by atoms with Crippen molar-refractivity contribution in [3.63, 3.8) is 0 Å². The molecule has 1 heterocycles. The molecule has 1 saturated heterocycles. The molecule has 0 radical (unpaired) electrons. The number of rotatable bonds is 3. The lowest BCUT2D eigenvalue weighted by atomic mass is 10.1. The summed E-state index contributed by atoms with van der Waals surface area (Å²) in [4.78, 5) is 34.9. The highest BCUT2D eigenvalue weighted by Gasteiger charge is 2.25. The second-order valence-corrected chi connectivity index (χ2v) is 4.77. The summed E-state index contributed by atoms with van der Waals surface area (Å²) >= 11 is 0. The Bertz CT molecular complexity index is 576. The van der Waals surface area contributed by atoms with Crippen LogP contribution >= 0.6 is 0 Å². The summed E-state index contributed by atoms with van der Waals surface area (Å²) in [6.45, 7) is 2.15. The van der Waals surface area contributed by atoms with Gasteiger partial charge in [-0.1, -0.05) is 11.6 Å². The number of ether oxygens (including phenoxy) is 1. The number of hydrogen-bond donors (Lipinski definition) is 3. The molecule has 1 unspecified atom stereocenters. The molecule has 0 aromatic heterocycles. The van der Waals surface area contributed by atoms with Gasteiger partial charge in [-0.15, -0.1) is 0 Å². The van der Waals surface area contributed by atoms with Gasteiger partial charge in [-0.25, -0.2) is 4.79 Å². The van der Waals surface area contributed by atoms with Crippen LogP contribution in [0.2, 0.25) is 0 Å². The number of piperazine rings is 1. The zero-order valence-electron chi connectivity index (χ0n) is 11.9. The molecular weight excluding hydrogens is 274 g/mol. The lowest BCUT2D eigenvalue weighted by Gasteiger charge is -2.23. The Balaban J connectivity index is 2.13. The molecule has 1 fully saturated rings. The first-order valence-corrected chi connectivity index (χ1v) is 6.51. The minimum atomic E-state index is -0.533. The van der Waals surface area contributed by atoms with Gasteiger partial charge >= 0.3 is 5.97 Å². The van der Waals surface area contributed by atoms with Crippen LogP contribution in [0.4, 0.5) is 5.69 Å². The quantitative estimate of drug-likeness (QED) is 0.671. The van der Waals surface area contributed by atoms with Gasteiger partial charge in [-0.3, -0.25) is 14.9 Å². The zero-order valence-corrected chi connectivity index (χ0v) is 11.9. The highest BCUT2D eigenvalue weighted by atomic mass is 16.5. The third kappa shape index (κ3) is 3.57. The van der Waals surface area contributed by atoms with Gasteiger partial charge in [0.05, 0.1) is 24.9 Å². The topological polar surface area (TPSA) is 96.5 Å². The standard InChI is InChI=1S/C14H17N3O4/c1-8-3-4-10(9(5-8)14(20)21-2)17-13(19)11-6-16-12(18)7-15-11/h3-5,11,15H,6-7H2,1-2H3,(H,16,18)(H,17,19). The van der Waals surface area contributed by atoms with Crippen molar-refractivity contribution >= 4 is 23.5 Å². The Morgan fingerprint density at radius 1 is 1.38 bits per heavy atom. The minimum Gasteiger partial charge on any atom is -0.465 e. The van der Waals surface area contributed by atoms with Crippen LogP contribution in [0.5, 0.6) is 0 Å². The van der Waals surface area contributed by atoms with E-state index in [1.807, 2.05) is 6.92 Å². The highest BCUT2D eigenvalue weighted by Crippen LogP contribution is 2.18. The fraction of sp³-hybridized carbons (Fsp3) is 0.357. The first-order chi connectivity index (χ1) is 10.0. The Morgan fingerprint density at radius 3 is 2.76 bits per heavy atom. The van der Waals surface area contributed by atoms with Crippen LogP contribution in [0, 0.1) is 6.92 Å². The molecule has 0 aliphatic carbocycles. The van der Waals surface area contributed by atoms with Crippen LogP contribution < -0.4 is 16.0 Å². The molecule has 7 heteroatoms. The molecule has 0 saturated carbocycles. The Kier molecular flexibility index (Phi) is 4.54. The van der Waals surface area contributed by atoms with E-state index in [1.54, 1.807) is 18.2 Å². The molecule has 7 nitrogen and oxygen atoms in total. The van der Waals surface area contributed by atoms with Crippen LogP contribution in [0.25, 0.3) is 0 Å². The molecule has 21 heavy (non-hydrogen) atoms. The van der Waals surface area contributed by atoms with Crippen molar-refractivity contribution in [2.24, 2.45) is 0 Å². The highest BCUT2D eigenvalue weighted by molar-refractivity contribution is 6.03. The summed E-state index contributed by atoms with van der Waals surface area (Å²) in [5.74, 6) is -0.979. The third-order valence-corrected chi connectivity index (χ3v) is 3.17. The van der Waals surface area contributed by atoms with Crippen LogP contribution in [0.1, 0.15) is 15.9 Å². The SMILES string of the molecule is COC(=O)c1cc(C)ccc1NC(=O)C1CNC(=O)CN1. The number of benzene rings is 1. The summed E-state index contributed by atoms with van der Waals surface area (Å²) in [6, 6.07) is 4.56. The molecule has 2 rings (SSSR count). The largest absolute Gasteiger partial charge is 0.465 e. The molecule has 1 aromatic rings. The van der Waals surface area contributed by atoms with Gasteiger partial charge in [0.25, 0.3) is 0 Å². The van der Waals surface area contributed by atoms with Gasteiger partial charge in [-0.2, -0.15) is 0 Å². The molecule has 3 N–H and O–H groups in total. The smallest absolute Gasteiger partial charge is 0.339 e. The van der Waals surface area contributed by atoms with E-state index >= 15 is 0 Å². The zero-order chi connectivity index (χ0) is 15.4. The van der Waals surface area contributed by atoms with Crippen LogP contribution in [0.3, 0.4) is 0 Å². The van der Waals surface area contributed by atoms with E-state index < -0.39 is 12.0 Å². The third-order valence-electron chi connectivity index (χ3n) is 3.17. The van der Waals surface area contributed by atoms with Crippen LogP contribution in [0.15, 0.2) is 18.2 Å². The van der Waals surface area contributed by atoms with Crippen molar-refractivity contribution in [1.29, 1.82) is 0 Å². The first kappa shape index (κ1) is 15.0. The fourth-order valence-corrected chi connectivity index (χ4v) is 2.02. The van der Waals surface area contributed by atoms with E-state index in [4.69, 9.17) is 4.74 Å². The molecule has 112 valence electrons. The van der Waals surface area contributed by atoms with Crippen LogP contribution in [-0.2, 0) is 14.3 Å². The number of carbonyl (C=O) groups is 3. The van der Waals surface area contributed by atoms with Gasteiger partial charge in [0.15, 0.2) is 0 Å². The molecule has 1 atom stereocenters. The lowest BCUT2D eigenvalue weighted by Crippen LogP contribution is -2.56. The van der Waals surface area contributed by atoms with E-state index in [1.165, 1.54) is 7.11 Å². The maximum absolute atomic E-state index is 12.1. The Hall–Kier alpha value is -2.41. The van der Waals surface area contributed by atoms with Crippen molar-refractivity contribution in [2.75, 3.05) is 25.5 Å². The van der Waals surface area contributed by atoms with Crippen molar-refractivity contribution in [1.82, 2.24) is 10.6 Å². The second-order valence-electron chi connectivity index (χ2n) is 4.77. The summed E-state index contributed by atoms with van der Waals surface area (Å²) in [5.41, 5.74) is 1.57. The summed E-state index contributed by atoms with van der Waals surface area (Å²) < 4.78 is 4.71. The number of amides is 2. The summed E-state index contributed by atoms with van der Waals surface area (Å²) in [5, 5.41) is 8.11. The predicted octanol–water partition coefficient (Wildman–Crippen LogP) is -0.192. The number of esters is 1. The van der Waals surface area contributed by atoms with Gasteiger partial charge in [0.1, 0.15) is 6.04 Å². The normalized spacial score (nSPS) is 17.8. The molecule has 0 spiro atoms. The van der Waals surface area contributed by atoms with Gasteiger partial charge in [0, 0.05) is 6.54 Å². The number of nitrogens with one attached hydrogen (secondary N) is 3. The van der Waals surface area contributed by atoms with E-state index in [9.17, 15) is 14.4 Å². The molecule has 1 aromatic carbocycles. The molecular formula is C14H17N3O4. The maximum Gasteiger partial charge on any atom is 0.339 e. The number of hydrogen-bond acceptors (Lipinski definition) is 5. The first-order valence-electron chi connectivity index (χ1n) is 6.51. The minimum absolute atomic E-state index is 0.0931. The number of methoxy groups -OCH3 is 1. The Labute approximate surface area is 122 Å². The molecule has 1 aliphatic rings. The number of carbonyl (C=O) groups excluding carboxylic acids is 3. The van der Waals surface area contributed by atoms with Crippen molar-refractivity contribution in [3.05, 3.63) is 29.3 Å². The van der Waals surface area contributed by atoms with E-state index in [-0.39, 0.29) is 24.9 Å². The predicted molar refractivity (Wildman–Crippen MR) is 75.9 cm³/mol. The van der Waals surface area contributed by atoms with E-state index in [0.717, 1.165) is 5.56 Å². The number of anilines is 1.